The summed E-state index contributed by atoms with van der Waals surface area (Å²) in [6.07, 6.45) is 3.38. The zero-order valence-electron chi connectivity index (χ0n) is 16.2. The van der Waals surface area contributed by atoms with Crippen molar-refractivity contribution in [3.63, 3.8) is 0 Å². The van der Waals surface area contributed by atoms with E-state index in [2.05, 4.69) is 15.2 Å². The maximum absolute atomic E-state index is 13.5. The summed E-state index contributed by atoms with van der Waals surface area (Å²) in [5.41, 5.74) is 0.997. The van der Waals surface area contributed by atoms with Crippen molar-refractivity contribution >= 4 is 16.7 Å². The Kier molecular flexibility index (Phi) is 4.71. The predicted octanol–water partition coefficient (Wildman–Crippen LogP) is 4.44. The third kappa shape index (κ3) is 3.43. The Bertz CT molecular complexity index is 1220. The third-order valence-electron chi connectivity index (χ3n) is 5.45. The standard InChI is InChI=1S/C23H19FN4O2/c24-18-8-3-6-16(13-18)23(29)28-12-4-7-17(14-28)21-26-27-22(30-21)20-19-9-2-1-5-15(19)10-11-25-20/h1-3,5-6,8-11,13,17H,4,7,12,14H2. The van der Waals surface area contributed by atoms with Gasteiger partial charge >= 0.3 is 0 Å². The molecule has 1 aliphatic rings. The molecule has 0 bridgehead atoms. The first-order chi connectivity index (χ1) is 14.7. The lowest BCUT2D eigenvalue weighted by Gasteiger charge is -2.31. The van der Waals surface area contributed by atoms with Crippen molar-refractivity contribution in [2.45, 2.75) is 18.8 Å². The molecule has 4 aromatic rings. The van der Waals surface area contributed by atoms with Gasteiger partial charge in [0.15, 0.2) is 0 Å². The third-order valence-corrected chi connectivity index (χ3v) is 5.45. The number of amides is 1. The maximum Gasteiger partial charge on any atom is 0.266 e. The van der Waals surface area contributed by atoms with Gasteiger partial charge in [-0.3, -0.25) is 9.78 Å². The number of benzene rings is 2. The molecule has 1 fully saturated rings. The number of likely N-dealkylation sites (tertiary alicyclic amines) is 1. The van der Waals surface area contributed by atoms with Gasteiger partial charge < -0.3 is 9.32 Å². The van der Waals surface area contributed by atoms with Crippen LogP contribution in [-0.2, 0) is 0 Å². The minimum atomic E-state index is -0.418. The maximum atomic E-state index is 13.5. The van der Waals surface area contributed by atoms with Gasteiger partial charge in [0.05, 0.1) is 5.92 Å². The highest BCUT2D eigenvalue weighted by Crippen LogP contribution is 2.31. The molecule has 0 spiro atoms. The van der Waals surface area contributed by atoms with Crippen molar-refractivity contribution in [1.82, 2.24) is 20.1 Å². The van der Waals surface area contributed by atoms with Crippen LogP contribution in [0.15, 0.2) is 65.2 Å². The van der Waals surface area contributed by atoms with Crippen molar-refractivity contribution in [2.75, 3.05) is 13.1 Å². The lowest BCUT2D eigenvalue weighted by atomic mass is 9.97. The van der Waals surface area contributed by atoms with Gasteiger partial charge in [0.2, 0.25) is 5.89 Å². The van der Waals surface area contributed by atoms with Crippen LogP contribution in [0.2, 0.25) is 0 Å². The van der Waals surface area contributed by atoms with Crippen LogP contribution in [0.25, 0.3) is 22.4 Å². The summed E-state index contributed by atoms with van der Waals surface area (Å²) in [4.78, 5) is 18.9. The first-order valence-electron chi connectivity index (χ1n) is 9.91. The van der Waals surface area contributed by atoms with Crippen molar-refractivity contribution in [3.05, 3.63) is 78.1 Å². The molecule has 0 aliphatic carbocycles. The zero-order valence-corrected chi connectivity index (χ0v) is 16.2. The quantitative estimate of drug-likeness (QED) is 0.506. The minimum Gasteiger partial charge on any atom is -0.419 e. The Morgan fingerprint density at radius 1 is 1.10 bits per heavy atom. The van der Waals surface area contributed by atoms with E-state index in [1.54, 1.807) is 23.2 Å². The van der Waals surface area contributed by atoms with E-state index in [0.717, 1.165) is 23.6 Å². The molecule has 0 N–H and O–H groups in total. The fourth-order valence-corrected chi connectivity index (χ4v) is 3.95. The molecule has 1 amide bonds. The Hall–Kier alpha value is -3.61. The Morgan fingerprint density at radius 3 is 2.90 bits per heavy atom. The van der Waals surface area contributed by atoms with Gasteiger partial charge in [0, 0.05) is 30.2 Å². The normalized spacial score (nSPS) is 16.7. The fraction of sp³-hybridized carbons (Fsp3) is 0.217. The van der Waals surface area contributed by atoms with Crippen LogP contribution < -0.4 is 0 Å². The largest absolute Gasteiger partial charge is 0.419 e. The number of carbonyl (C=O) groups is 1. The number of halogens is 1. The fourth-order valence-electron chi connectivity index (χ4n) is 3.95. The highest BCUT2D eigenvalue weighted by Gasteiger charge is 2.29. The predicted molar refractivity (Wildman–Crippen MR) is 109 cm³/mol. The molecule has 7 heteroatoms. The van der Waals surface area contributed by atoms with Gasteiger partial charge in [0.1, 0.15) is 11.5 Å². The summed E-state index contributed by atoms with van der Waals surface area (Å²) < 4.78 is 19.5. The average molecular weight is 402 g/mol. The number of rotatable bonds is 3. The van der Waals surface area contributed by atoms with E-state index in [1.165, 1.54) is 12.1 Å². The molecule has 1 aliphatic heterocycles. The number of aromatic nitrogens is 3. The molecule has 2 aromatic heterocycles. The molecule has 150 valence electrons. The zero-order chi connectivity index (χ0) is 20.5. The number of hydrogen-bond donors (Lipinski definition) is 0. The molecule has 1 atom stereocenters. The smallest absolute Gasteiger partial charge is 0.266 e. The van der Waals surface area contributed by atoms with Gasteiger partial charge in [0.25, 0.3) is 11.8 Å². The molecule has 30 heavy (non-hydrogen) atoms. The molecule has 1 saturated heterocycles. The van der Waals surface area contributed by atoms with Crippen LogP contribution >= 0.6 is 0 Å². The van der Waals surface area contributed by atoms with Crippen LogP contribution in [-0.4, -0.2) is 39.1 Å². The van der Waals surface area contributed by atoms with Gasteiger partial charge in [-0.05, 0) is 42.5 Å². The first kappa shape index (κ1) is 18.4. The van der Waals surface area contributed by atoms with Gasteiger partial charge in [-0.2, -0.15) is 0 Å². The summed E-state index contributed by atoms with van der Waals surface area (Å²) >= 11 is 0. The molecule has 1 unspecified atom stereocenters. The molecule has 3 heterocycles. The summed E-state index contributed by atoms with van der Waals surface area (Å²) in [6, 6.07) is 15.6. The van der Waals surface area contributed by atoms with E-state index in [4.69, 9.17) is 4.42 Å². The second kappa shape index (κ2) is 7.67. The molecule has 0 radical (unpaired) electrons. The molecule has 5 rings (SSSR count). The topological polar surface area (TPSA) is 72.1 Å². The summed E-state index contributed by atoms with van der Waals surface area (Å²) in [6.45, 7) is 1.08. The number of nitrogens with zero attached hydrogens (tertiary/aromatic N) is 4. The van der Waals surface area contributed by atoms with Gasteiger partial charge in [-0.1, -0.05) is 30.3 Å². The monoisotopic (exact) mass is 402 g/mol. The van der Waals surface area contributed by atoms with E-state index < -0.39 is 5.82 Å². The number of hydrogen-bond acceptors (Lipinski definition) is 5. The first-order valence-corrected chi connectivity index (χ1v) is 9.91. The lowest BCUT2D eigenvalue weighted by Crippen LogP contribution is -2.39. The van der Waals surface area contributed by atoms with Gasteiger partial charge in [-0.15, -0.1) is 10.2 Å². The van der Waals surface area contributed by atoms with E-state index in [9.17, 15) is 9.18 Å². The van der Waals surface area contributed by atoms with Crippen LogP contribution in [0.3, 0.4) is 0 Å². The highest BCUT2D eigenvalue weighted by atomic mass is 19.1. The van der Waals surface area contributed by atoms with E-state index in [-0.39, 0.29) is 11.8 Å². The molecule has 6 nitrogen and oxygen atoms in total. The van der Waals surface area contributed by atoms with Crippen LogP contribution in [0.5, 0.6) is 0 Å². The van der Waals surface area contributed by atoms with Crippen molar-refractivity contribution in [1.29, 1.82) is 0 Å². The minimum absolute atomic E-state index is 0.0625. The molecule has 0 saturated carbocycles. The van der Waals surface area contributed by atoms with Crippen molar-refractivity contribution in [2.24, 2.45) is 0 Å². The van der Waals surface area contributed by atoms with Crippen LogP contribution in [0, 0.1) is 5.82 Å². The Balaban J connectivity index is 1.39. The van der Waals surface area contributed by atoms with Crippen molar-refractivity contribution < 1.29 is 13.6 Å². The summed E-state index contributed by atoms with van der Waals surface area (Å²) in [5.74, 6) is 0.201. The number of fused-ring (bicyclic) bond motifs is 1. The Morgan fingerprint density at radius 2 is 2.00 bits per heavy atom. The van der Waals surface area contributed by atoms with Crippen LogP contribution in [0.4, 0.5) is 4.39 Å². The average Bonchev–Trinajstić information content (AvgIpc) is 3.28. The molecule has 2 aromatic carbocycles. The number of carbonyl (C=O) groups excluding carboxylic acids is 1. The lowest BCUT2D eigenvalue weighted by molar-refractivity contribution is 0.0698. The summed E-state index contributed by atoms with van der Waals surface area (Å²) in [7, 11) is 0. The molecular weight excluding hydrogens is 383 g/mol. The van der Waals surface area contributed by atoms with E-state index in [0.29, 0.717) is 36.1 Å². The summed E-state index contributed by atoms with van der Waals surface area (Å²) in [5, 5.41) is 10.5. The highest BCUT2D eigenvalue weighted by molar-refractivity contribution is 5.94. The second-order valence-electron chi connectivity index (χ2n) is 7.43. The number of pyridine rings is 1. The van der Waals surface area contributed by atoms with Crippen molar-refractivity contribution in [3.8, 4) is 11.6 Å². The SMILES string of the molecule is O=C(c1cccc(F)c1)N1CCCC(c2nnc(-c3nccc4ccccc34)o2)C1. The van der Waals surface area contributed by atoms with Crippen LogP contribution in [0.1, 0.15) is 35.0 Å². The van der Waals surface area contributed by atoms with E-state index in [1.807, 2.05) is 30.3 Å². The number of piperidine rings is 1. The van der Waals surface area contributed by atoms with Gasteiger partial charge in [-0.25, -0.2) is 4.39 Å². The van der Waals surface area contributed by atoms with E-state index >= 15 is 0 Å². The molecular formula is C23H19FN4O2. The Labute approximate surface area is 172 Å². The second-order valence-corrected chi connectivity index (χ2v) is 7.43.